The van der Waals surface area contributed by atoms with Crippen LogP contribution in [0.5, 0.6) is 0 Å². The zero-order chi connectivity index (χ0) is 16.1. The number of aliphatic hydroxyl groups excluding tert-OH is 1. The molecule has 2 aromatic rings. The van der Waals surface area contributed by atoms with Gasteiger partial charge in [0.15, 0.2) is 0 Å². The van der Waals surface area contributed by atoms with Gasteiger partial charge in [-0.15, -0.1) is 5.10 Å². The number of amides is 1. The Balaban J connectivity index is 1.51. The van der Waals surface area contributed by atoms with Crippen molar-refractivity contribution in [2.24, 2.45) is 0 Å². The van der Waals surface area contributed by atoms with Gasteiger partial charge in [0.05, 0.1) is 5.69 Å². The number of nitrogens with zero attached hydrogens (tertiary/aromatic N) is 3. The van der Waals surface area contributed by atoms with Gasteiger partial charge < -0.3 is 10.4 Å². The standard InChI is InChI=1S/C17H22N4O2/c22-9-8-15(13-4-2-1-3-5-13)10-18-17(23)12-21-11-16(19-20-21)14-6-7-14/h1-5,11,14-15,22H,6-10,12H2,(H,18,23). The highest BCUT2D eigenvalue weighted by molar-refractivity contribution is 5.75. The Hall–Kier alpha value is -2.21. The molecule has 6 nitrogen and oxygen atoms in total. The van der Waals surface area contributed by atoms with Crippen LogP contribution in [0, 0.1) is 0 Å². The SMILES string of the molecule is O=C(Cn1cc(C2CC2)nn1)NCC(CCO)c1ccccc1. The number of nitrogens with one attached hydrogen (secondary N) is 1. The van der Waals surface area contributed by atoms with Gasteiger partial charge in [-0.1, -0.05) is 35.5 Å². The molecule has 1 aliphatic rings. The molecule has 0 saturated heterocycles. The van der Waals surface area contributed by atoms with Crippen LogP contribution in [-0.4, -0.2) is 39.2 Å². The molecule has 0 radical (unpaired) electrons. The number of aromatic nitrogens is 3. The highest BCUT2D eigenvalue weighted by atomic mass is 16.3. The van der Waals surface area contributed by atoms with E-state index in [-0.39, 0.29) is 25.0 Å². The predicted octanol–water partition coefficient (Wildman–Crippen LogP) is 1.44. The molecule has 0 spiro atoms. The van der Waals surface area contributed by atoms with E-state index in [0.29, 0.717) is 18.9 Å². The van der Waals surface area contributed by atoms with Crippen LogP contribution in [0.2, 0.25) is 0 Å². The van der Waals surface area contributed by atoms with Crippen LogP contribution in [0.3, 0.4) is 0 Å². The molecule has 1 saturated carbocycles. The molecule has 1 fully saturated rings. The van der Waals surface area contributed by atoms with Crippen molar-refractivity contribution in [2.45, 2.75) is 37.6 Å². The summed E-state index contributed by atoms with van der Waals surface area (Å²) in [4.78, 5) is 12.1. The minimum Gasteiger partial charge on any atom is -0.396 e. The van der Waals surface area contributed by atoms with Crippen LogP contribution in [0.4, 0.5) is 0 Å². The van der Waals surface area contributed by atoms with Crippen molar-refractivity contribution in [1.82, 2.24) is 20.3 Å². The number of hydrogen-bond acceptors (Lipinski definition) is 4. The molecular weight excluding hydrogens is 292 g/mol. The summed E-state index contributed by atoms with van der Waals surface area (Å²) >= 11 is 0. The number of rotatable bonds is 8. The molecule has 23 heavy (non-hydrogen) atoms. The maximum absolute atomic E-state index is 12.1. The minimum atomic E-state index is -0.0869. The molecule has 1 aliphatic carbocycles. The van der Waals surface area contributed by atoms with Crippen molar-refractivity contribution in [3.05, 3.63) is 47.8 Å². The summed E-state index contributed by atoms with van der Waals surface area (Å²) in [7, 11) is 0. The maximum atomic E-state index is 12.1. The summed E-state index contributed by atoms with van der Waals surface area (Å²) in [5.74, 6) is 0.567. The smallest absolute Gasteiger partial charge is 0.241 e. The van der Waals surface area contributed by atoms with Gasteiger partial charge in [-0.3, -0.25) is 4.79 Å². The van der Waals surface area contributed by atoms with Crippen LogP contribution in [0.1, 0.15) is 42.4 Å². The van der Waals surface area contributed by atoms with Crippen LogP contribution < -0.4 is 5.32 Å². The average molecular weight is 314 g/mol. The van der Waals surface area contributed by atoms with E-state index in [1.54, 1.807) is 4.68 Å². The van der Waals surface area contributed by atoms with E-state index in [2.05, 4.69) is 15.6 Å². The van der Waals surface area contributed by atoms with Gasteiger partial charge in [0.25, 0.3) is 0 Å². The Labute approximate surface area is 135 Å². The number of carbonyl (C=O) groups excluding carboxylic acids is 1. The van der Waals surface area contributed by atoms with Gasteiger partial charge in [0, 0.05) is 31.2 Å². The normalized spacial score (nSPS) is 15.3. The van der Waals surface area contributed by atoms with Gasteiger partial charge in [0.2, 0.25) is 5.91 Å². The molecule has 122 valence electrons. The zero-order valence-corrected chi connectivity index (χ0v) is 13.1. The third kappa shape index (κ3) is 4.39. The molecule has 2 N–H and O–H groups in total. The molecule has 1 amide bonds. The van der Waals surface area contributed by atoms with Crippen molar-refractivity contribution < 1.29 is 9.90 Å². The van der Waals surface area contributed by atoms with Crippen LogP contribution in [-0.2, 0) is 11.3 Å². The first-order valence-electron chi connectivity index (χ1n) is 8.09. The fraction of sp³-hybridized carbons (Fsp3) is 0.471. The van der Waals surface area contributed by atoms with E-state index in [9.17, 15) is 9.90 Å². The Kier molecular flexibility index (Phi) is 5.02. The summed E-state index contributed by atoms with van der Waals surface area (Å²) in [6.07, 6.45) is 4.83. The average Bonchev–Trinajstić information content (AvgIpc) is 3.32. The van der Waals surface area contributed by atoms with Gasteiger partial charge in [0.1, 0.15) is 6.54 Å². The second-order valence-electron chi connectivity index (χ2n) is 6.04. The molecule has 3 rings (SSSR count). The molecule has 1 aromatic carbocycles. The summed E-state index contributed by atoms with van der Waals surface area (Å²) < 4.78 is 1.59. The van der Waals surface area contributed by atoms with Crippen LogP contribution in [0.15, 0.2) is 36.5 Å². The van der Waals surface area contributed by atoms with Crippen molar-refractivity contribution in [3.63, 3.8) is 0 Å². The second-order valence-corrected chi connectivity index (χ2v) is 6.04. The Morgan fingerprint density at radius 3 is 2.83 bits per heavy atom. The first kappa shape index (κ1) is 15.7. The third-order valence-electron chi connectivity index (χ3n) is 4.15. The van der Waals surface area contributed by atoms with Crippen molar-refractivity contribution in [3.8, 4) is 0 Å². The minimum absolute atomic E-state index is 0.0869. The lowest BCUT2D eigenvalue weighted by Crippen LogP contribution is -2.32. The fourth-order valence-electron chi connectivity index (χ4n) is 2.66. The first-order valence-corrected chi connectivity index (χ1v) is 8.09. The van der Waals surface area contributed by atoms with Crippen molar-refractivity contribution >= 4 is 5.91 Å². The topological polar surface area (TPSA) is 80.0 Å². The maximum Gasteiger partial charge on any atom is 0.241 e. The molecule has 1 unspecified atom stereocenters. The van der Waals surface area contributed by atoms with E-state index in [0.717, 1.165) is 11.3 Å². The van der Waals surface area contributed by atoms with Gasteiger partial charge in [-0.05, 0) is 24.8 Å². The molecule has 0 bridgehead atoms. The second kappa shape index (κ2) is 7.37. The highest BCUT2D eigenvalue weighted by Gasteiger charge is 2.26. The van der Waals surface area contributed by atoms with Crippen LogP contribution in [0.25, 0.3) is 0 Å². The van der Waals surface area contributed by atoms with E-state index < -0.39 is 0 Å². The summed E-state index contributed by atoms with van der Waals surface area (Å²) in [6.45, 7) is 0.789. The highest BCUT2D eigenvalue weighted by Crippen LogP contribution is 2.38. The van der Waals surface area contributed by atoms with E-state index in [4.69, 9.17) is 0 Å². The Morgan fingerprint density at radius 2 is 2.13 bits per heavy atom. The largest absolute Gasteiger partial charge is 0.396 e. The number of benzene rings is 1. The first-order chi connectivity index (χ1) is 11.3. The molecule has 1 atom stereocenters. The Bertz CT molecular complexity index is 637. The lowest BCUT2D eigenvalue weighted by atomic mass is 9.96. The number of aliphatic hydroxyl groups is 1. The lowest BCUT2D eigenvalue weighted by Gasteiger charge is -2.17. The molecule has 1 heterocycles. The quantitative estimate of drug-likeness (QED) is 0.772. The predicted molar refractivity (Wildman–Crippen MR) is 85.9 cm³/mol. The van der Waals surface area contributed by atoms with Gasteiger partial charge >= 0.3 is 0 Å². The number of hydrogen-bond donors (Lipinski definition) is 2. The summed E-state index contributed by atoms with van der Waals surface area (Å²) in [5.41, 5.74) is 2.11. The number of carbonyl (C=O) groups is 1. The summed E-state index contributed by atoms with van der Waals surface area (Å²) in [5, 5.41) is 20.3. The lowest BCUT2D eigenvalue weighted by molar-refractivity contribution is -0.121. The van der Waals surface area contributed by atoms with Gasteiger partial charge in [-0.2, -0.15) is 0 Å². The Morgan fingerprint density at radius 1 is 1.35 bits per heavy atom. The van der Waals surface area contributed by atoms with E-state index in [1.807, 2.05) is 36.5 Å². The van der Waals surface area contributed by atoms with E-state index in [1.165, 1.54) is 12.8 Å². The zero-order valence-electron chi connectivity index (χ0n) is 13.1. The molecule has 0 aliphatic heterocycles. The van der Waals surface area contributed by atoms with E-state index >= 15 is 0 Å². The molecular formula is C17H22N4O2. The molecule has 1 aromatic heterocycles. The monoisotopic (exact) mass is 314 g/mol. The molecule has 6 heteroatoms. The summed E-state index contributed by atoms with van der Waals surface area (Å²) in [6, 6.07) is 9.94. The van der Waals surface area contributed by atoms with Crippen molar-refractivity contribution in [2.75, 3.05) is 13.2 Å². The third-order valence-corrected chi connectivity index (χ3v) is 4.15. The fourth-order valence-corrected chi connectivity index (χ4v) is 2.66. The van der Waals surface area contributed by atoms with Crippen molar-refractivity contribution in [1.29, 1.82) is 0 Å². The van der Waals surface area contributed by atoms with Gasteiger partial charge in [-0.25, -0.2) is 4.68 Å². The van der Waals surface area contributed by atoms with Crippen LogP contribution >= 0.6 is 0 Å².